The van der Waals surface area contributed by atoms with E-state index in [1.54, 1.807) is 34.1 Å². The maximum Gasteiger partial charge on any atom is 0.253 e. The van der Waals surface area contributed by atoms with Gasteiger partial charge in [0.25, 0.3) is 5.91 Å². The highest BCUT2D eigenvalue weighted by Gasteiger charge is 2.43. The second-order valence-electron chi connectivity index (χ2n) is 8.30. The van der Waals surface area contributed by atoms with Crippen LogP contribution < -0.4 is 5.73 Å². The van der Waals surface area contributed by atoms with Gasteiger partial charge in [0.15, 0.2) is 5.58 Å². The lowest BCUT2D eigenvalue weighted by Crippen LogP contribution is -2.62. The van der Waals surface area contributed by atoms with Gasteiger partial charge >= 0.3 is 0 Å². The predicted octanol–water partition coefficient (Wildman–Crippen LogP) is 3.31. The van der Waals surface area contributed by atoms with Gasteiger partial charge in [-0.3, -0.25) is 9.59 Å². The molecule has 8 heteroatoms. The Morgan fingerprint density at radius 3 is 2.32 bits per heavy atom. The minimum absolute atomic E-state index is 0.0230. The minimum atomic E-state index is -0.683. The van der Waals surface area contributed by atoms with Crippen LogP contribution in [0.2, 0.25) is 5.02 Å². The Kier molecular flexibility index (Phi) is 4.95. The molecule has 1 aliphatic carbocycles. The highest BCUT2D eigenvalue weighted by atomic mass is 35.5. The number of fused-ring (bicyclic) bond motifs is 1. The van der Waals surface area contributed by atoms with Gasteiger partial charge in [-0.25, -0.2) is 4.98 Å². The van der Waals surface area contributed by atoms with Crippen LogP contribution in [0.15, 0.2) is 46.9 Å². The molecule has 1 saturated carbocycles. The molecule has 0 atom stereocenters. The van der Waals surface area contributed by atoms with Gasteiger partial charge in [0.1, 0.15) is 5.52 Å². The van der Waals surface area contributed by atoms with E-state index in [1.165, 1.54) is 0 Å². The average Bonchev–Trinajstić information content (AvgIpc) is 3.20. The summed E-state index contributed by atoms with van der Waals surface area (Å²) in [5.74, 6) is 0.457. The number of hydrogen-bond donors (Lipinski definition) is 1. The molecule has 1 aromatic heterocycles. The molecule has 1 aliphatic heterocycles. The van der Waals surface area contributed by atoms with Crippen LogP contribution in [0.5, 0.6) is 0 Å². The number of carbonyl (C=O) groups excluding carboxylic acids is 2. The first-order valence-electron chi connectivity index (χ1n) is 10.5. The number of piperazine rings is 1. The van der Waals surface area contributed by atoms with E-state index in [0.29, 0.717) is 48.2 Å². The third kappa shape index (κ3) is 3.68. The first kappa shape index (κ1) is 20.0. The molecule has 0 radical (unpaired) electrons. The number of halogens is 1. The highest BCUT2D eigenvalue weighted by molar-refractivity contribution is 6.31. The Morgan fingerprint density at radius 2 is 1.68 bits per heavy atom. The van der Waals surface area contributed by atoms with E-state index in [0.717, 1.165) is 30.3 Å². The fourth-order valence-corrected chi connectivity index (χ4v) is 4.32. The molecule has 2 heterocycles. The van der Waals surface area contributed by atoms with Crippen molar-refractivity contribution in [1.82, 2.24) is 14.8 Å². The van der Waals surface area contributed by atoms with Crippen LogP contribution in [0.25, 0.3) is 22.6 Å². The molecule has 7 nitrogen and oxygen atoms in total. The van der Waals surface area contributed by atoms with Crippen LogP contribution in [-0.2, 0) is 4.79 Å². The van der Waals surface area contributed by atoms with E-state index in [4.69, 9.17) is 21.8 Å². The van der Waals surface area contributed by atoms with Crippen molar-refractivity contribution < 1.29 is 14.0 Å². The molecule has 2 N–H and O–H groups in total. The zero-order valence-corrected chi connectivity index (χ0v) is 17.8. The summed E-state index contributed by atoms with van der Waals surface area (Å²) in [5, 5.41) is 0.590. The monoisotopic (exact) mass is 438 g/mol. The molecule has 2 aromatic carbocycles. The van der Waals surface area contributed by atoms with Crippen LogP contribution in [0, 0.1) is 0 Å². The van der Waals surface area contributed by atoms with Crippen molar-refractivity contribution in [1.29, 1.82) is 0 Å². The van der Waals surface area contributed by atoms with Crippen LogP contribution in [-0.4, -0.2) is 58.3 Å². The van der Waals surface area contributed by atoms with Crippen molar-refractivity contribution in [2.75, 3.05) is 26.2 Å². The molecule has 0 bridgehead atoms. The lowest BCUT2D eigenvalue weighted by molar-refractivity contribution is -0.141. The third-order valence-electron chi connectivity index (χ3n) is 6.26. The third-order valence-corrected chi connectivity index (χ3v) is 6.49. The Balaban J connectivity index is 1.24. The summed E-state index contributed by atoms with van der Waals surface area (Å²) in [4.78, 5) is 33.5. The number of nitrogens with zero attached hydrogens (tertiary/aromatic N) is 3. The van der Waals surface area contributed by atoms with Gasteiger partial charge in [-0.1, -0.05) is 11.6 Å². The van der Waals surface area contributed by atoms with Crippen molar-refractivity contribution in [3.05, 3.63) is 53.1 Å². The minimum Gasteiger partial charge on any atom is -0.436 e. The van der Waals surface area contributed by atoms with Crippen LogP contribution in [0.4, 0.5) is 0 Å². The highest BCUT2D eigenvalue weighted by Crippen LogP contribution is 2.31. The number of amides is 2. The van der Waals surface area contributed by atoms with Gasteiger partial charge in [-0.2, -0.15) is 0 Å². The van der Waals surface area contributed by atoms with Crippen molar-refractivity contribution in [3.63, 3.8) is 0 Å². The van der Waals surface area contributed by atoms with Gasteiger partial charge in [0, 0.05) is 48.4 Å². The summed E-state index contributed by atoms with van der Waals surface area (Å²) in [5.41, 5.74) is 8.21. The SMILES string of the molecule is NC1(C(=O)N2CCN(C(=O)c3ccc(-c4nc5ccc(Cl)cc5o4)cc3)CC2)CCC1. The summed E-state index contributed by atoms with van der Waals surface area (Å²) in [7, 11) is 0. The number of hydrogen-bond acceptors (Lipinski definition) is 5. The molecule has 1 saturated heterocycles. The van der Waals surface area contributed by atoms with E-state index in [-0.39, 0.29) is 11.8 Å². The van der Waals surface area contributed by atoms with Gasteiger partial charge in [-0.15, -0.1) is 0 Å². The fourth-order valence-electron chi connectivity index (χ4n) is 4.16. The molecule has 2 amide bonds. The zero-order chi connectivity index (χ0) is 21.6. The summed E-state index contributed by atoms with van der Waals surface area (Å²) in [6.07, 6.45) is 2.52. The molecule has 2 fully saturated rings. The maximum atomic E-state index is 12.9. The number of oxazole rings is 1. The molecule has 5 rings (SSSR count). The number of benzene rings is 2. The maximum absolute atomic E-state index is 12.9. The molecule has 0 spiro atoms. The smallest absolute Gasteiger partial charge is 0.253 e. The molecule has 2 aliphatic rings. The molecule has 160 valence electrons. The van der Waals surface area contributed by atoms with E-state index < -0.39 is 5.54 Å². The molecule has 3 aromatic rings. The first-order chi connectivity index (χ1) is 14.9. The number of aromatic nitrogens is 1. The normalized spacial score (nSPS) is 18.1. The molecular weight excluding hydrogens is 416 g/mol. The molecule has 31 heavy (non-hydrogen) atoms. The van der Waals surface area contributed by atoms with Crippen LogP contribution in [0.1, 0.15) is 29.6 Å². The first-order valence-corrected chi connectivity index (χ1v) is 10.8. The zero-order valence-electron chi connectivity index (χ0n) is 17.0. The van der Waals surface area contributed by atoms with Gasteiger partial charge < -0.3 is 20.0 Å². The number of nitrogens with two attached hydrogens (primary N) is 1. The Morgan fingerprint density at radius 1 is 1.00 bits per heavy atom. The standard InChI is InChI=1S/C23H23ClN4O3/c24-17-6-7-18-19(14-17)31-20(26-18)15-2-4-16(5-3-15)21(29)27-10-12-28(13-11-27)22(30)23(25)8-1-9-23/h2-7,14H,1,8-13,25H2. The summed E-state index contributed by atoms with van der Waals surface area (Å²) in [6.45, 7) is 2.06. The van der Waals surface area contributed by atoms with Crippen molar-refractivity contribution in [2.45, 2.75) is 24.8 Å². The lowest BCUT2D eigenvalue weighted by Gasteiger charge is -2.43. The Hall–Kier alpha value is -2.90. The van der Waals surface area contributed by atoms with Crippen molar-refractivity contribution >= 4 is 34.5 Å². The second kappa shape index (κ2) is 7.66. The largest absolute Gasteiger partial charge is 0.436 e. The Labute approximate surface area is 184 Å². The lowest BCUT2D eigenvalue weighted by atomic mass is 9.76. The quantitative estimate of drug-likeness (QED) is 0.677. The molecule has 0 unspecified atom stereocenters. The van der Waals surface area contributed by atoms with E-state index in [1.807, 2.05) is 18.2 Å². The van der Waals surface area contributed by atoms with Crippen molar-refractivity contribution in [2.24, 2.45) is 5.73 Å². The fraction of sp³-hybridized carbons (Fsp3) is 0.348. The van der Waals surface area contributed by atoms with E-state index in [2.05, 4.69) is 4.98 Å². The van der Waals surface area contributed by atoms with Crippen LogP contribution >= 0.6 is 11.6 Å². The molecular formula is C23H23ClN4O3. The predicted molar refractivity (Wildman–Crippen MR) is 118 cm³/mol. The van der Waals surface area contributed by atoms with Crippen molar-refractivity contribution in [3.8, 4) is 11.5 Å². The van der Waals surface area contributed by atoms with E-state index >= 15 is 0 Å². The van der Waals surface area contributed by atoms with Gasteiger partial charge in [0.05, 0.1) is 5.54 Å². The number of rotatable bonds is 3. The average molecular weight is 439 g/mol. The Bertz CT molecular complexity index is 1150. The topological polar surface area (TPSA) is 92.7 Å². The summed E-state index contributed by atoms with van der Waals surface area (Å²) < 4.78 is 5.79. The van der Waals surface area contributed by atoms with E-state index in [9.17, 15) is 9.59 Å². The number of carbonyl (C=O) groups is 2. The second-order valence-corrected chi connectivity index (χ2v) is 8.74. The summed E-state index contributed by atoms with van der Waals surface area (Å²) >= 11 is 6.00. The van der Waals surface area contributed by atoms with Crippen LogP contribution in [0.3, 0.4) is 0 Å². The van der Waals surface area contributed by atoms with Gasteiger partial charge in [-0.05, 0) is 55.7 Å². The van der Waals surface area contributed by atoms with Gasteiger partial charge in [0.2, 0.25) is 11.8 Å². The summed E-state index contributed by atoms with van der Waals surface area (Å²) in [6, 6.07) is 12.5.